The predicted molar refractivity (Wildman–Crippen MR) is 48.8 cm³/mol. The molecular formula is C10H13N2O+. The summed E-state index contributed by atoms with van der Waals surface area (Å²) in [4.78, 5) is 11.0. The molecule has 0 unspecified atom stereocenters. The zero-order valence-electron chi connectivity index (χ0n) is 7.36. The number of nitrogens with two attached hydrogens (primary N) is 2. The van der Waals surface area contributed by atoms with Gasteiger partial charge in [0.25, 0.3) is 5.91 Å². The molecule has 1 aromatic carbocycles. The van der Waals surface area contributed by atoms with Crippen molar-refractivity contribution in [2.75, 3.05) is 0 Å². The van der Waals surface area contributed by atoms with Crippen molar-refractivity contribution < 1.29 is 10.1 Å². The number of hydrogen-bond donors (Lipinski definition) is 2. The number of amides is 1. The molecule has 68 valence electrons. The molecule has 0 saturated heterocycles. The van der Waals surface area contributed by atoms with Gasteiger partial charge in [-0.1, -0.05) is 24.3 Å². The summed E-state index contributed by atoms with van der Waals surface area (Å²) in [6.45, 7) is 0.865. The SMILES string of the molecule is NC(=O)[C@H]1Cc2ccccc2C[NH2+]1. The second kappa shape index (κ2) is 3.18. The second-order valence-electron chi connectivity index (χ2n) is 3.42. The Hall–Kier alpha value is -1.35. The molecule has 0 bridgehead atoms. The van der Waals surface area contributed by atoms with Crippen LogP contribution in [0.1, 0.15) is 11.1 Å². The van der Waals surface area contributed by atoms with Crippen LogP contribution < -0.4 is 11.1 Å². The van der Waals surface area contributed by atoms with E-state index in [0.29, 0.717) is 0 Å². The van der Waals surface area contributed by atoms with E-state index in [9.17, 15) is 4.79 Å². The molecule has 0 aliphatic carbocycles. The monoisotopic (exact) mass is 177 g/mol. The molecule has 1 heterocycles. The first-order chi connectivity index (χ1) is 6.27. The molecular weight excluding hydrogens is 164 g/mol. The zero-order valence-corrected chi connectivity index (χ0v) is 7.36. The maximum atomic E-state index is 11.0. The fourth-order valence-corrected chi connectivity index (χ4v) is 1.76. The Balaban J connectivity index is 2.24. The molecule has 0 spiro atoms. The first-order valence-electron chi connectivity index (χ1n) is 4.47. The molecule has 1 aliphatic rings. The Labute approximate surface area is 76.9 Å². The number of carbonyl (C=O) groups is 1. The molecule has 1 amide bonds. The van der Waals surface area contributed by atoms with Crippen LogP contribution in [0.4, 0.5) is 0 Å². The molecule has 3 heteroatoms. The van der Waals surface area contributed by atoms with E-state index < -0.39 is 0 Å². The van der Waals surface area contributed by atoms with Crippen molar-refractivity contribution in [2.24, 2.45) is 5.73 Å². The van der Waals surface area contributed by atoms with Crippen molar-refractivity contribution >= 4 is 5.91 Å². The average molecular weight is 177 g/mol. The van der Waals surface area contributed by atoms with E-state index in [1.165, 1.54) is 11.1 Å². The van der Waals surface area contributed by atoms with Crippen molar-refractivity contribution in [1.82, 2.24) is 0 Å². The van der Waals surface area contributed by atoms with Crippen LogP contribution in [-0.2, 0) is 17.8 Å². The van der Waals surface area contributed by atoms with Gasteiger partial charge in [-0.2, -0.15) is 0 Å². The number of quaternary nitrogens is 1. The van der Waals surface area contributed by atoms with Gasteiger partial charge in [0.2, 0.25) is 0 Å². The van der Waals surface area contributed by atoms with Crippen LogP contribution in [0.2, 0.25) is 0 Å². The number of rotatable bonds is 1. The van der Waals surface area contributed by atoms with Gasteiger partial charge in [0.15, 0.2) is 6.04 Å². The Morgan fingerprint density at radius 3 is 2.77 bits per heavy atom. The Bertz CT molecular complexity index is 335. The average Bonchev–Trinajstić information content (AvgIpc) is 2.17. The van der Waals surface area contributed by atoms with E-state index in [1.807, 2.05) is 17.4 Å². The molecule has 1 aliphatic heterocycles. The molecule has 0 fully saturated rings. The summed E-state index contributed by atoms with van der Waals surface area (Å²) in [7, 11) is 0. The van der Waals surface area contributed by atoms with Crippen LogP contribution in [0.15, 0.2) is 24.3 Å². The van der Waals surface area contributed by atoms with Gasteiger partial charge in [0.1, 0.15) is 6.54 Å². The van der Waals surface area contributed by atoms with Gasteiger partial charge in [-0.3, -0.25) is 4.79 Å². The largest absolute Gasteiger partial charge is 0.365 e. The molecule has 0 radical (unpaired) electrons. The van der Waals surface area contributed by atoms with E-state index in [4.69, 9.17) is 5.73 Å². The summed E-state index contributed by atoms with van der Waals surface area (Å²) >= 11 is 0. The Kier molecular flexibility index (Phi) is 2.02. The smallest absolute Gasteiger partial charge is 0.276 e. The van der Waals surface area contributed by atoms with Crippen molar-refractivity contribution in [3.05, 3.63) is 35.4 Å². The molecule has 0 aromatic heterocycles. The van der Waals surface area contributed by atoms with Gasteiger partial charge in [-0.15, -0.1) is 0 Å². The molecule has 0 saturated carbocycles. The summed E-state index contributed by atoms with van der Waals surface area (Å²) < 4.78 is 0. The fraction of sp³-hybridized carbons (Fsp3) is 0.300. The normalized spacial score (nSPS) is 20.8. The van der Waals surface area contributed by atoms with Gasteiger partial charge >= 0.3 is 0 Å². The summed E-state index contributed by atoms with van der Waals surface area (Å²) in [5, 5.41) is 2.00. The van der Waals surface area contributed by atoms with Crippen molar-refractivity contribution in [3.8, 4) is 0 Å². The minimum atomic E-state index is -0.213. The lowest BCUT2D eigenvalue weighted by Gasteiger charge is -2.20. The van der Waals surface area contributed by atoms with E-state index in [0.717, 1.165) is 13.0 Å². The highest BCUT2D eigenvalue weighted by atomic mass is 16.1. The summed E-state index contributed by atoms with van der Waals surface area (Å²) in [6.07, 6.45) is 0.769. The first kappa shape index (κ1) is 8.26. The molecule has 3 nitrogen and oxygen atoms in total. The Morgan fingerprint density at radius 1 is 1.38 bits per heavy atom. The number of fused-ring (bicyclic) bond motifs is 1. The quantitative estimate of drug-likeness (QED) is 0.577. The van der Waals surface area contributed by atoms with E-state index in [-0.39, 0.29) is 11.9 Å². The lowest BCUT2D eigenvalue weighted by molar-refractivity contribution is -0.695. The number of hydrogen-bond acceptors (Lipinski definition) is 1. The van der Waals surface area contributed by atoms with Gasteiger partial charge in [0.05, 0.1) is 0 Å². The predicted octanol–water partition coefficient (Wildman–Crippen LogP) is -0.840. The highest BCUT2D eigenvalue weighted by Crippen LogP contribution is 2.11. The highest BCUT2D eigenvalue weighted by Gasteiger charge is 2.24. The van der Waals surface area contributed by atoms with Crippen LogP contribution in [0, 0.1) is 0 Å². The molecule has 4 N–H and O–H groups in total. The summed E-state index contributed by atoms with van der Waals surface area (Å²) in [5.74, 6) is -0.213. The zero-order chi connectivity index (χ0) is 9.26. The number of carbonyl (C=O) groups excluding carboxylic acids is 1. The standard InChI is InChI=1S/C10H12N2O/c11-10(13)9-5-7-3-1-2-4-8(7)6-12-9/h1-4,9,12H,5-6H2,(H2,11,13)/p+1/t9-/m1/s1. The first-order valence-corrected chi connectivity index (χ1v) is 4.47. The van der Waals surface area contributed by atoms with Gasteiger partial charge in [-0.05, 0) is 5.56 Å². The third-order valence-electron chi connectivity index (χ3n) is 2.55. The Morgan fingerprint density at radius 2 is 2.08 bits per heavy atom. The minimum Gasteiger partial charge on any atom is -0.365 e. The maximum absolute atomic E-state index is 11.0. The number of benzene rings is 1. The summed E-state index contributed by atoms with van der Waals surface area (Å²) in [6, 6.07) is 8.12. The van der Waals surface area contributed by atoms with Gasteiger partial charge < -0.3 is 11.1 Å². The van der Waals surface area contributed by atoms with Crippen molar-refractivity contribution in [1.29, 1.82) is 0 Å². The topological polar surface area (TPSA) is 59.7 Å². The third kappa shape index (κ3) is 1.55. The summed E-state index contributed by atoms with van der Waals surface area (Å²) in [5.41, 5.74) is 7.83. The van der Waals surface area contributed by atoms with Gasteiger partial charge in [-0.25, -0.2) is 0 Å². The lowest BCUT2D eigenvalue weighted by atomic mass is 9.96. The molecule has 1 aromatic rings. The van der Waals surface area contributed by atoms with E-state index in [1.54, 1.807) is 0 Å². The van der Waals surface area contributed by atoms with E-state index >= 15 is 0 Å². The maximum Gasteiger partial charge on any atom is 0.276 e. The van der Waals surface area contributed by atoms with E-state index in [2.05, 4.69) is 12.1 Å². The van der Waals surface area contributed by atoms with Crippen molar-refractivity contribution in [3.63, 3.8) is 0 Å². The van der Waals surface area contributed by atoms with Gasteiger partial charge in [0, 0.05) is 12.0 Å². The van der Waals surface area contributed by atoms with Crippen LogP contribution in [0.5, 0.6) is 0 Å². The van der Waals surface area contributed by atoms with Crippen molar-refractivity contribution in [2.45, 2.75) is 19.0 Å². The molecule has 2 rings (SSSR count). The number of primary amides is 1. The molecule has 13 heavy (non-hydrogen) atoms. The second-order valence-corrected chi connectivity index (χ2v) is 3.42. The van der Waals surface area contributed by atoms with Crippen LogP contribution >= 0.6 is 0 Å². The highest BCUT2D eigenvalue weighted by molar-refractivity contribution is 5.78. The lowest BCUT2D eigenvalue weighted by Crippen LogP contribution is -2.93. The molecule has 1 atom stereocenters. The fourth-order valence-electron chi connectivity index (χ4n) is 1.76. The van der Waals surface area contributed by atoms with Crippen LogP contribution in [-0.4, -0.2) is 11.9 Å². The van der Waals surface area contributed by atoms with Crippen LogP contribution in [0.25, 0.3) is 0 Å². The minimum absolute atomic E-state index is 0.0742. The van der Waals surface area contributed by atoms with Crippen LogP contribution in [0.3, 0.4) is 0 Å². The third-order valence-corrected chi connectivity index (χ3v) is 2.55.